The van der Waals surface area contributed by atoms with Crippen LogP contribution in [0.4, 0.5) is 0 Å². The van der Waals surface area contributed by atoms with Crippen molar-refractivity contribution in [2.45, 2.75) is 52.1 Å². The zero-order valence-corrected chi connectivity index (χ0v) is 16.6. The van der Waals surface area contributed by atoms with Crippen molar-refractivity contribution in [3.63, 3.8) is 0 Å². The minimum absolute atomic E-state index is 0.251. The highest BCUT2D eigenvalue weighted by Crippen LogP contribution is 2.23. The summed E-state index contributed by atoms with van der Waals surface area (Å²) >= 11 is 1.51. The van der Waals surface area contributed by atoms with Crippen LogP contribution in [0.1, 0.15) is 43.6 Å². The maximum Gasteiger partial charge on any atom is 0.253 e. The van der Waals surface area contributed by atoms with Crippen LogP contribution in [0.3, 0.4) is 0 Å². The summed E-state index contributed by atoms with van der Waals surface area (Å²) in [5.41, 5.74) is 3.08. The van der Waals surface area contributed by atoms with Gasteiger partial charge in [0, 0.05) is 30.9 Å². The van der Waals surface area contributed by atoms with E-state index in [-0.39, 0.29) is 5.91 Å². The molecule has 3 rings (SSSR count). The summed E-state index contributed by atoms with van der Waals surface area (Å²) in [7, 11) is 0. The lowest BCUT2D eigenvalue weighted by Crippen LogP contribution is -2.42. The van der Waals surface area contributed by atoms with Crippen molar-refractivity contribution in [3.8, 4) is 0 Å². The minimum Gasteiger partial charge on any atom is -0.342 e. The number of amides is 1. The smallest absolute Gasteiger partial charge is 0.253 e. The van der Waals surface area contributed by atoms with Crippen LogP contribution >= 0.6 is 11.8 Å². The highest BCUT2D eigenvalue weighted by atomic mass is 32.2. The molecule has 1 amide bonds. The average Bonchev–Trinajstić information content (AvgIpc) is 2.96. The minimum atomic E-state index is 0.251. The molecule has 0 saturated carbocycles. The van der Waals surface area contributed by atoms with Crippen LogP contribution in [0.2, 0.25) is 0 Å². The van der Waals surface area contributed by atoms with Gasteiger partial charge in [0.25, 0.3) is 5.78 Å². The standard InChI is InChI=1S/C18H27N5OS/c1-11-8-12(2)10-22(9-11)16(24)7-6-15-13(3)19-17-20-18(25-5)21-23(17)14(15)4/h11-12H,6-10H2,1-5H3/t11-,12-/m1/s1. The Morgan fingerprint density at radius 2 is 1.88 bits per heavy atom. The van der Waals surface area contributed by atoms with Gasteiger partial charge in [-0.05, 0) is 50.3 Å². The number of likely N-dealkylation sites (tertiary alicyclic amines) is 1. The van der Waals surface area contributed by atoms with Crippen molar-refractivity contribution in [2.75, 3.05) is 19.3 Å². The Morgan fingerprint density at radius 1 is 1.20 bits per heavy atom. The fourth-order valence-electron chi connectivity index (χ4n) is 3.89. The molecule has 0 radical (unpaired) electrons. The lowest BCUT2D eigenvalue weighted by molar-refractivity contribution is -0.133. The van der Waals surface area contributed by atoms with Gasteiger partial charge in [-0.3, -0.25) is 4.79 Å². The van der Waals surface area contributed by atoms with Crippen LogP contribution in [0.15, 0.2) is 5.16 Å². The third-order valence-electron chi connectivity index (χ3n) is 5.02. The van der Waals surface area contributed by atoms with E-state index in [1.54, 1.807) is 4.52 Å². The molecule has 1 fully saturated rings. The van der Waals surface area contributed by atoms with E-state index < -0.39 is 0 Å². The van der Waals surface area contributed by atoms with Gasteiger partial charge in [0.15, 0.2) is 0 Å². The lowest BCUT2D eigenvalue weighted by Gasteiger charge is -2.35. The average molecular weight is 362 g/mol. The lowest BCUT2D eigenvalue weighted by atomic mass is 9.91. The molecular formula is C18H27N5OS. The summed E-state index contributed by atoms with van der Waals surface area (Å²) in [5.74, 6) is 2.07. The molecule has 0 unspecified atom stereocenters. The van der Waals surface area contributed by atoms with Crippen molar-refractivity contribution in [1.82, 2.24) is 24.5 Å². The van der Waals surface area contributed by atoms with E-state index in [4.69, 9.17) is 0 Å². The number of piperidine rings is 1. The van der Waals surface area contributed by atoms with Crippen molar-refractivity contribution in [2.24, 2.45) is 11.8 Å². The van der Waals surface area contributed by atoms with Gasteiger partial charge in [0.05, 0.1) is 0 Å². The molecule has 3 heterocycles. The maximum atomic E-state index is 12.7. The Labute approximate surface area is 153 Å². The van der Waals surface area contributed by atoms with Gasteiger partial charge < -0.3 is 4.90 Å². The van der Waals surface area contributed by atoms with E-state index in [0.717, 1.165) is 35.2 Å². The molecule has 6 nitrogen and oxygen atoms in total. The van der Waals surface area contributed by atoms with Crippen molar-refractivity contribution in [1.29, 1.82) is 0 Å². The van der Waals surface area contributed by atoms with Gasteiger partial charge in [-0.25, -0.2) is 9.50 Å². The van der Waals surface area contributed by atoms with Gasteiger partial charge in [0.1, 0.15) is 0 Å². The van der Waals surface area contributed by atoms with Gasteiger partial charge in [-0.15, -0.1) is 5.10 Å². The van der Waals surface area contributed by atoms with E-state index in [1.807, 2.05) is 25.0 Å². The first-order chi connectivity index (χ1) is 11.9. The Bertz CT molecular complexity index is 777. The highest BCUT2D eigenvalue weighted by molar-refractivity contribution is 7.98. The maximum absolute atomic E-state index is 12.7. The van der Waals surface area contributed by atoms with E-state index in [2.05, 4.69) is 28.9 Å². The molecule has 25 heavy (non-hydrogen) atoms. The number of aryl methyl sites for hydroxylation is 2. The third kappa shape index (κ3) is 3.81. The van der Waals surface area contributed by atoms with Gasteiger partial charge in [-0.1, -0.05) is 25.6 Å². The molecule has 0 spiro atoms. The first-order valence-corrected chi connectivity index (χ1v) is 10.2. The highest BCUT2D eigenvalue weighted by Gasteiger charge is 2.25. The molecule has 2 atom stereocenters. The summed E-state index contributed by atoms with van der Waals surface area (Å²) in [4.78, 5) is 23.7. The fraction of sp³-hybridized carbons (Fsp3) is 0.667. The van der Waals surface area contributed by atoms with Gasteiger partial charge >= 0.3 is 0 Å². The first kappa shape index (κ1) is 18.2. The Kier molecular flexibility index (Phi) is 5.32. The van der Waals surface area contributed by atoms with Gasteiger partial charge in [-0.2, -0.15) is 4.98 Å². The van der Waals surface area contributed by atoms with Crippen LogP contribution in [-0.2, 0) is 11.2 Å². The predicted molar refractivity (Wildman–Crippen MR) is 99.9 cm³/mol. The van der Waals surface area contributed by atoms with Crippen molar-refractivity contribution < 1.29 is 4.79 Å². The molecule has 136 valence electrons. The summed E-state index contributed by atoms with van der Waals surface area (Å²) in [6.45, 7) is 10.3. The number of thioether (sulfide) groups is 1. The second-order valence-corrected chi connectivity index (χ2v) is 8.09. The normalized spacial score (nSPS) is 21.1. The second kappa shape index (κ2) is 7.32. The van der Waals surface area contributed by atoms with Crippen LogP contribution in [-0.4, -0.2) is 49.7 Å². The number of aromatic nitrogens is 4. The van der Waals surface area contributed by atoms with Gasteiger partial charge in [0.2, 0.25) is 11.1 Å². The number of carbonyl (C=O) groups excluding carboxylic acids is 1. The van der Waals surface area contributed by atoms with Crippen molar-refractivity contribution >= 4 is 23.4 Å². The third-order valence-corrected chi connectivity index (χ3v) is 5.56. The first-order valence-electron chi connectivity index (χ1n) is 8.93. The number of nitrogens with zero attached hydrogens (tertiary/aromatic N) is 5. The summed E-state index contributed by atoms with van der Waals surface area (Å²) < 4.78 is 1.80. The monoisotopic (exact) mass is 361 g/mol. The van der Waals surface area contributed by atoms with Crippen LogP contribution < -0.4 is 0 Å². The quantitative estimate of drug-likeness (QED) is 0.784. The van der Waals surface area contributed by atoms with E-state index in [9.17, 15) is 4.79 Å². The largest absolute Gasteiger partial charge is 0.342 e. The van der Waals surface area contributed by atoms with E-state index >= 15 is 0 Å². The zero-order valence-electron chi connectivity index (χ0n) is 15.7. The molecule has 1 aliphatic heterocycles. The number of fused-ring (bicyclic) bond motifs is 1. The SMILES string of the molecule is CSc1nc2nc(C)c(CCC(=O)N3C[C@H](C)C[C@@H](C)C3)c(C)n2n1. The van der Waals surface area contributed by atoms with Crippen molar-refractivity contribution in [3.05, 3.63) is 17.0 Å². The number of hydrogen-bond acceptors (Lipinski definition) is 5. The molecule has 0 aliphatic carbocycles. The summed E-state index contributed by atoms with van der Waals surface area (Å²) in [6.07, 6.45) is 4.40. The fourth-order valence-corrected chi connectivity index (χ4v) is 4.23. The molecule has 1 saturated heterocycles. The number of rotatable bonds is 4. The molecule has 0 aromatic carbocycles. The number of carbonyl (C=O) groups is 1. The molecule has 1 aliphatic rings. The zero-order chi connectivity index (χ0) is 18.1. The second-order valence-electron chi connectivity index (χ2n) is 7.32. The van der Waals surface area contributed by atoms with Crippen LogP contribution in [0, 0.1) is 25.7 Å². The molecule has 0 bridgehead atoms. The molecular weight excluding hydrogens is 334 g/mol. The Morgan fingerprint density at radius 3 is 2.52 bits per heavy atom. The van der Waals surface area contributed by atoms with Crippen LogP contribution in [0.5, 0.6) is 0 Å². The molecule has 2 aromatic heterocycles. The Balaban J connectivity index is 1.75. The molecule has 0 N–H and O–H groups in total. The number of hydrogen-bond donors (Lipinski definition) is 0. The predicted octanol–water partition coefficient (Wildman–Crippen LogP) is 2.90. The summed E-state index contributed by atoms with van der Waals surface area (Å²) in [5, 5.41) is 5.20. The van der Waals surface area contributed by atoms with E-state index in [1.165, 1.54) is 18.2 Å². The molecule has 2 aromatic rings. The van der Waals surface area contributed by atoms with Crippen LogP contribution in [0.25, 0.3) is 5.78 Å². The topological polar surface area (TPSA) is 63.4 Å². The van der Waals surface area contributed by atoms with E-state index in [0.29, 0.717) is 30.5 Å². The summed E-state index contributed by atoms with van der Waals surface area (Å²) in [6, 6.07) is 0. The molecule has 7 heteroatoms. The Hall–Kier alpha value is -1.63.